The number of fused-ring (bicyclic) bond motifs is 1. The van der Waals surface area contributed by atoms with Gasteiger partial charge >= 0.3 is 0 Å². The Morgan fingerprint density at radius 3 is 2.79 bits per heavy atom. The molecular formula is C21H16ClN3O2S. The lowest BCUT2D eigenvalue weighted by Gasteiger charge is -2.13. The van der Waals surface area contributed by atoms with E-state index in [9.17, 15) is 9.59 Å². The number of anilines is 1. The van der Waals surface area contributed by atoms with Crippen molar-refractivity contribution < 1.29 is 9.59 Å². The number of amidine groups is 1. The normalized spacial score (nSPS) is 19.9. The first-order valence-electron chi connectivity index (χ1n) is 8.60. The van der Waals surface area contributed by atoms with Gasteiger partial charge in [-0.3, -0.25) is 9.59 Å². The molecule has 1 N–H and O–H groups in total. The maximum atomic E-state index is 13.0. The van der Waals surface area contributed by atoms with Crippen LogP contribution in [0.3, 0.4) is 0 Å². The third kappa shape index (κ3) is 3.15. The standard InChI is InChI=1S/C21H16ClN3O2S/c1-3-10-25-16-7-5-4-6-14(16)17(20(25)27)18-19(26)24-21(28-18)23-13-9-8-12(2)15(22)11-13/h3-9,11H,1,10H2,2H3,(H,23,24,26)/b18-17+. The number of amides is 2. The summed E-state index contributed by atoms with van der Waals surface area (Å²) in [5.41, 5.74) is 3.50. The zero-order valence-corrected chi connectivity index (χ0v) is 16.6. The fourth-order valence-corrected chi connectivity index (χ4v) is 4.22. The van der Waals surface area contributed by atoms with E-state index in [0.717, 1.165) is 28.6 Å². The van der Waals surface area contributed by atoms with Gasteiger partial charge in [0.05, 0.1) is 21.9 Å². The van der Waals surface area contributed by atoms with Gasteiger partial charge in [0.15, 0.2) is 5.17 Å². The molecule has 0 atom stereocenters. The van der Waals surface area contributed by atoms with Crippen LogP contribution in [0.5, 0.6) is 0 Å². The second kappa shape index (κ2) is 7.30. The SMILES string of the molecule is C=CCN1C(=O)/C(=C2/SC(=Nc3ccc(C)c(Cl)c3)NC2=O)c2ccccc21. The monoisotopic (exact) mass is 409 g/mol. The van der Waals surface area contributed by atoms with Crippen LogP contribution in [0.15, 0.2) is 65.0 Å². The number of nitrogens with one attached hydrogen (secondary N) is 1. The Hall–Kier alpha value is -2.83. The average molecular weight is 410 g/mol. The number of aryl methyl sites for hydroxylation is 1. The maximum absolute atomic E-state index is 13.0. The highest BCUT2D eigenvalue weighted by Crippen LogP contribution is 2.42. The number of halogens is 1. The molecule has 1 saturated heterocycles. The smallest absolute Gasteiger partial charge is 0.264 e. The highest BCUT2D eigenvalue weighted by Gasteiger charge is 2.38. The van der Waals surface area contributed by atoms with Crippen molar-refractivity contribution in [3.63, 3.8) is 0 Å². The lowest BCUT2D eigenvalue weighted by atomic mass is 10.1. The molecule has 2 aromatic carbocycles. The Labute approximate surface area is 171 Å². The van der Waals surface area contributed by atoms with Gasteiger partial charge in [-0.05, 0) is 42.4 Å². The number of rotatable bonds is 3. The number of hydrogen-bond acceptors (Lipinski definition) is 4. The van der Waals surface area contributed by atoms with E-state index in [-0.39, 0.29) is 11.8 Å². The molecule has 0 aromatic heterocycles. The summed E-state index contributed by atoms with van der Waals surface area (Å²) in [6.07, 6.45) is 1.66. The fraction of sp³-hybridized carbons (Fsp3) is 0.0952. The number of aliphatic imine (C=N–C) groups is 1. The lowest BCUT2D eigenvalue weighted by Crippen LogP contribution is -2.27. The number of para-hydroxylation sites is 1. The summed E-state index contributed by atoms with van der Waals surface area (Å²) >= 11 is 7.31. The first kappa shape index (κ1) is 18.5. The van der Waals surface area contributed by atoms with Crippen molar-refractivity contribution in [2.24, 2.45) is 4.99 Å². The molecule has 2 amide bonds. The Bertz CT molecular complexity index is 1090. The highest BCUT2D eigenvalue weighted by atomic mass is 35.5. The molecule has 2 heterocycles. The summed E-state index contributed by atoms with van der Waals surface area (Å²) in [6.45, 7) is 6.00. The summed E-state index contributed by atoms with van der Waals surface area (Å²) in [4.78, 5) is 32.0. The molecule has 2 aromatic rings. The summed E-state index contributed by atoms with van der Waals surface area (Å²) in [5.74, 6) is -0.543. The minimum atomic E-state index is -0.333. The van der Waals surface area contributed by atoms with Crippen molar-refractivity contribution in [2.45, 2.75) is 6.92 Å². The van der Waals surface area contributed by atoms with Gasteiger partial charge in [-0.1, -0.05) is 41.9 Å². The van der Waals surface area contributed by atoms with E-state index in [4.69, 9.17) is 11.6 Å². The minimum Gasteiger partial charge on any atom is -0.304 e. The number of benzene rings is 2. The predicted octanol–water partition coefficient (Wildman–Crippen LogP) is 4.44. The van der Waals surface area contributed by atoms with E-state index in [2.05, 4.69) is 16.9 Å². The maximum Gasteiger partial charge on any atom is 0.264 e. The van der Waals surface area contributed by atoms with E-state index in [0.29, 0.717) is 32.9 Å². The van der Waals surface area contributed by atoms with Crippen molar-refractivity contribution in [3.8, 4) is 0 Å². The van der Waals surface area contributed by atoms with Crippen molar-refractivity contribution in [1.29, 1.82) is 0 Å². The molecule has 2 aliphatic heterocycles. The summed E-state index contributed by atoms with van der Waals surface area (Å²) < 4.78 is 0. The first-order valence-corrected chi connectivity index (χ1v) is 9.79. The first-order chi connectivity index (χ1) is 13.5. The van der Waals surface area contributed by atoms with Crippen molar-refractivity contribution in [2.75, 3.05) is 11.4 Å². The molecule has 2 aliphatic rings. The Kier molecular flexibility index (Phi) is 4.83. The molecule has 5 nitrogen and oxygen atoms in total. The van der Waals surface area contributed by atoms with Gasteiger partial charge in [0.2, 0.25) is 0 Å². The fourth-order valence-electron chi connectivity index (χ4n) is 3.12. The molecule has 0 aliphatic carbocycles. The summed E-state index contributed by atoms with van der Waals surface area (Å²) in [5, 5.41) is 3.77. The average Bonchev–Trinajstić information content (AvgIpc) is 3.16. The van der Waals surface area contributed by atoms with Crippen LogP contribution in [0.4, 0.5) is 11.4 Å². The van der Waals surface area contributed by atoms with Gasteiger partial charge in [0.25, 0.3) is 11.8 Å². The van der Waals surface area contributed by atoms with Crippen LogP contribution in [-0.4, -0.2) is 23.5 Å². The van der Waals surface area contributed by atoms with Gasteiger partial charge in [0, 0.05) is 17.1 Å². The molecule has 0 bridgehead atoms. The molecule has 4 rings (SSSR count). The molecule has 0 saturated carbocycles. The molecule has 1 fully saturated rings. The van der Waals surface area contributed by atoms with Gasteiger partial charge in [-0.25, -0.2) is 4.99 Å². The number of nitrogens with zero attached hydrogens (tertiary/aromatic N) is 2. The van der Waals surface area contributed by atoms with E-state index in [1.54, 1.807) is 17.0 Å². The topological polar surface area (TPSA) is 61.8 Å². The minimum absolute atomic E-state index is 0.210. The van der Waals surface area contributed by atoms with Gasteiger partial charge < -0.3 is 10.2 Å². The third-order valence-electron chi connectivity index (χ3n) is 4.47. The number of thioether (sulfide) groups is 1. The Morgan fingerprint density at radius 1 is 1.25 bits per heavy atom. The lowest BCUT2D eigenvalue weighted by molar-refractivity contribution is -0.116. The zero-order chi connectivity index (χ0) is 19.8. The number of carbonyl (C=O) groups excluding carboxylic acids is 2. The van der Waals surface area contributed by atoms with Crippen molar-refractivity contribution >= 4 is 57.3 Å². The van der Waals surface area contributed by atoms with E-state index in [1.165, 1.54) is 0 Å². The van der Waals surface area contributed by atoms with Gasteiger partial charge in [-0.15, -0.1) is 6.58 Å². The highest BCUT2D eigenvalue weighted by molar-refractivity contribution is 8.18. The van der Waals surface area contributed by atoms with Crippen molar-refractivity contribution in [1.82, 2.24) is 5.32 Å². The van der Waals surface area contributed by atoms with Crippen molar-refractivity contribution in [3.05, 3.63) is 76.2 Å². The van der Waals surface area contributed by atoms with Crippen LogP contribution >= 0.6 is 23.4 Å². The van der Waals surface area contributed by atoms with Crippen LogP contribution in [0.1, 0.15) is 11.1 Å². The summed E-state index contributed by atoms with van der Waals surface area (Å²) in [6, 6.07) is 12.9. The van der Waals surface area contributed by atoms with Crippen LogP contribution in [0.25, 0.3) is 5.57 Å². The van der Waals surface area contributed by atoms with E-state index >= 15 is 0 Å². The molecular weight excluding hydrogens is 394 g/mol. The molecule has 0 unspecified atom stereocenters. The van der Waals surface area contributed by atoms with Gasteiger partial charge in [-0.2, -0.15) is 0 Å². The second-order valence-corrected chi connectivity index (χ2v) is 7.74. The zero-order valence-electron chi connectivity index (χ0n) is 15.0. The second-order valence-electron chi connectivity index (χ2n) is 6.33. The quantitative estimate of drug-likeness (QED) is 0.602. The molecule has 7 heteroatoms. The van der Waals surface area contributed by atoms with Crippen LogP contribution in [0, 0.1) is 6.92 Å². The molecule has 0 radical (unpaired) electrons. The molecule has 28 heavy (non-hydrogen) atoms. The number of carbonyl (C=O) groups is 2. The van der Waals surface area contributed by atoms with Crippen LogP contribution in [0.2, 0.25) is 5.02 Å². The van der Waals surface area contributed by atoms with E-state index in [1.807, 2.05) is 43.3 Å². The Morgan fingerprint density at radius 2 is 2.04 bits per heavy atom. The third-order valence-corrected chi connectivity index (χ3v) is 5.86. The molecule has 0 spiro atoms. The Balaban J connectivity index is 1.75. The number of hydrogen-bond donors (Lipinski definition) is 1. The largest absolute Gasteiger partial charge is 0.304 e. The predicted molar refractivity (Wildman–Crippen MR) is 115 cm³/mol. The van der Waals surface area contributed by atoms with Crippen LogP contribution in [-0.2, 0) is 9.59 Å². The summed E-state index contributed by atoms with van der Waals surface area (Å²) in [7, 11) is 0. The van der Waals surface area contributed by atoms with Gasteiger partial charge in [0.1, 0.15) is 0 Å². The van der Waals surface area contributed by atoms with Crippen LogP contribution < -0.4 is 10.2 Å². The van der Waals surface area contributed by atoms with E-state index < -0.39 is 0 Å². The molecule has 140 valence electrons.